The first-order valence-corrected chi connectivity index (χ1v) is 9.99. The van der Waals surface area contributed by atoms with Gasteiger partial charge in [-0.05, 0) is 49.7 Å². The summed E-state index contributed by atoms with van der Waals surface area (Å²) in [4.78, 5) is 7.80. The van der Waals surface area contributed by atoms with E-state index in [2.05, 4.69) is 9.97 Å². The van der Waals surface area contributed by atoms with Crippen molar-refractivity contribution in [1.82, 2.24) is 9.97 Å². The highest BCUT2D eigenvalue weighted by Gasteiger charge is 2.13. The molecule has 160 valence electrons. The van der Waals surface area contributed by atoms with Crippen molar-refractivity contribution in [2.45, 2.75) is 27.7 Å². The van der Waals surface area contributed by atoms with Gasteiger partial charge in [0.15, 0.2) is 0 Å². The highest BCUT2D eigenvalue weighted by molar-refractivity contribution is 5.65. The number of halogens is 3. The fourth-order valence-electron chi connectivity index (χ4n) is 2.81. The maximum atomic E-state index is 13.7. The predicted octanol–water partition coefficient (Wildman–Crippen LogP) is 7.56. The van der Waals surface area contributed by atoms with E-state index in [1.807, 2.05) is 32.9 Å². The monoisotopic (exact) mass is 422 g/mol. The topological polar surface area (TPSA) is 25.8 Å². The SMILES string of the molecule is CC.Cc1ccc(F)c(-c2cccnc2)c1.Cc1ccc(F)c(-c2cccnc2)c1F. The third kappa shape index (κ3) is 6.25. The summed E-state index contributed by atoms with van der Waals surface area (Å²) in [6.07, 6.45) is 6.35. The van der Waals surface area contributed by atoms with Crippen LogP contribution in [0.3, 0.4) is 0 Å². The zero-order valence-corrected chi connectivity index (χ0v) is 18.0. The Morgan fingerprint density at radius 3 is 1.84 bits per heavy atom. The summed E-state index contributed by atoms with van der Waals surface area (Å²) in [5.41, 5.74) is 3.34. The first-order chi connectivity index (χ1) is 15.0. The van der Waals surface area contributed by atoms with E-state index >= 15 is 0 Å². The molecular weight excluding hydrogens is 397 g/mol. The van der Waals surface area contributed by atoms with E-state index in [1.165, 1.54) is 24.4 Å². The minimum atomic E-state index is -0.564. The van der Waals surface area contributed by atoms with E-state index in [1.54, 1.807) is 49.8 Å². The van der Waals surface area contributed by atoms with Crippen LogP contribution in [-0.2, 0) is 0 Å². The van der Waals surface area contributed by atoms with Crippen LogP contribution in [0.15, 0.2) is 79.4 Å². The predicted molar refractivity (Wildman–Crippen MR) is 120 cm³/mol. The molecule has 2 aromatic carbocycles. The number of benzene rings is 2. The van der Waals surface area contributed by atoms with Crippen LogP contribution in [0.25, 0.3) is 22.3 Å². The lowest BCUT2D eigenvalue weighted by molar-refractivity contribution is 0.583. The summed E-state index contributed by atoms with van der Waals surface area (Å²) in [6.45, 7) is 7.55. The molecule has 0 fully saturated rings. The van der Waals surface area contributed by atoms with Crippen molar-refractivity contribution in [3.63, 3.8) is 0 Å². The lowest BCUT2D eigenvalue weighted by atomic mass is 10.0. The standard InChI is InChI=1S/C12H9F2N.C12H10FN.C2H6/c1-8-4-5-10(13)11(12(8)14)9-3-2-6-15-7-9;1-9-4-5-12(13)11(7-9)10-3-2-6-14-8-10;1-2/h2-7H,1H3;2-8H,1H3;1-2H3. The number of aromatic nitrogens is 2. The van der Waals surface area contributed by atoms with E-state index in [0.29, 0.717) is 16.7 Å². The third-order valence-electron chi connectivity index (χ3n) is 4.33. The van der Waals surface area contributed by atoms with Crippen LogP contribution in [0.5, 0.6) is 0 Å². The Bertz CT molecular complexity index is 1100. The minimum absolute atomic E-state index is 0.0110. The molecule has 0 aliphatic carbocycles. The summed E-state index contributed by atoms with van der Waals surface area (Å²) >= 11 is 0. The molecule has 0 saturated carbocycles. The first-order valence-electron chi connectivity index (χ1n) is 9.99. The van der Waals surface area contributed by atoms with Gasteiger partial charge in [0.1, 0.15) is 17.5 Å². The van der Waals surface area contributed by atoms with Gasteiger partial charge in [0.25, 0.3) is 0 Å². The lowest BCUT2D eigenvalue weighted by Gasteiger charge is -2.06. The summed E-state index contributed by atoms with van der Waals surface area (Å²) < 4.78 is 40.6. The molecule has 31 heavy (non-hydrogen) atoms. The smallest absolute Gasteiger partial charge is 0.136 e. The Kier molecular flexibility index (Phi) is 8.94. The van der Waals surface area contributed by atoms with Crippen molar-refractivity contribution in [1.29, 1.82) is 0 Å². The number of rotatable bonds is 2. The van der Waals surface area contributed by atoms with Crippen molar-refractivity contribution in [3.05, 3.63) is 108 Å². The average Bonchev–Trinajstić information content (AvgIpc) is 2.81. The molecule has 2 nitrogen and oxygen atoms in total. The van der Waals surface area contributed by atoms with Crippen LogP contribution < -0.4 is 0 Å². The zero-order valence-electron chi connectivity index (χ0n) is 18.0. The number of hydrogen-bond acceptors (Lipinski definition) is 2. The van der Waals surface area contributed by atoms with E-state index < -0.39 is 11.6 Å². The Labute approximate surface area is 181 Å². The summed E-state index contributed by atoms with van der Waals surface area (Å²) in [7, 11) is 0. The molecule has 0 atom stereocenters. The molecule has 2 heterocycles. The molecule has 0 aliphatic rings. The van der Waals surface area contributed by atoms with Crippen LogP contribution in [0.1, 0.15) is 25.0 Å². The molecule has 0 amide bonds. The zero-order chi connectivity index (χ0) is 22.8. The van der Waals surface area contributed by atoms with Crippen molar-refractivity contribution >= 4 is 0 Å². The number of aryl methyl sites for hydroxylation is 2. The van der Waals surface area contributed by atoms with E-state index in [-0.39, 0.29) is 11.4 Å². The number of hydrogen-bond donors (Lipinski definition) is 0. The van der Waals surface area contributed by atoms with Crippen LogP contribution in [-0.4, -0.2) is 9.97 Å². The lowest BCUT2D eigenvalue weighted by Crippen LogP contribution is -1.93. The van der Waals surface area contributed by atoms with Crippen LogP contribution in [0.2, 0.25) is 0 Å². The molecule has 0 saturated heterocycles. The second-order valence-electron chi connectivity index (χ2n) is 6.52. The maximum absolute atomic E-state index is 13.7. The average molecular weight is 422 g/mol. The highest BCUT2D eigenvalue weighted by Crippen LogP contribution is 2.27. The van der Waals surface area contributed by atoms with Gasteiger partial charge in [-0.2, -0.15) is 0 Å². The van der Waals surface area contributed by atoms with Crippen LogP contribution in [0.4, 0.5) is 13.2 Å². The fourth-order valence-corrected chi connectivity index (χ4v) is 2.81. The maximum Gasteiger partial charge on any atom is 0.136 e. The largest absolute Gasteiger partial charge is 0.264 e. The minimum Gasteiger partial charge on any atom is -0.264 e. The second kappa shape index (κ2) is 11.6. The van der Waals surface area contributed by atoms with Gasteiger partial charge in [-0.3, -0.25) is 9.97 Å². The van der Waals surface area contributed by atoms with Gasteiger partial charge in [0.2, 0.25) is 0 Å². The van der Waals surface area contributed by atoms with Crippen molar-refractivity contribution in [2.75, 3.05) is 0 Å². The number of nitrogens with zero attached hydrogens (tertiary/aromatic N) is 2. The van der Waals surface area contributed by atoms with Crippen LogP contribution in [0, 0.1) is 31.3 Å². The Balaban J connectivity index is 0.000000204. The van der Waals surface area contributed by atoms with Gasteiger partial charge < -0.3 is 0 Å². The molecule has 4 aromatic rings. The van der Waals surface area contributed by atoms with E-state index in [9.17, 15) is 13.2 Å². The van der Waals surface area contributed by atoms with E-state index in [0.717, 1.165) is 11.1 Å². The summed E-state index contributed by atoms with van der Waals surface area (Å²) in [5.74, 6) is -1.29. The van der Waals surface area contributed by atoms with Gasteiger partial charge >= 0.3 is 0 Å². The van der Waals surface area contributed by atoms with Crippen LogP contribution >= 0.6 is 0 Å². The van der Waals surface area contributed by atoms with Gasteiger partial charge in [0, 0.05) is 41.5 Å². The molecule has 0 unspecified atom stereocenters. The van der Waals surface area contributed by atoms with Gasteiger partial charge in [-0.15, -0.1) is 0 Å². The molecule has 0 aliphatic heterocycles. The quantitative estimate of drug-likeness (QED) is 0.333. The Hall–Kier alpha value is -3.47. The molecule has 5 heteroatoms. The number of pyridine rings is 2. The molecular formula is C26H25F3N2. The Morgan fingerprint density at radius 2 is 1.26 bits per heavy atom. The van der Waals surface area contributed by atoms with Gasteiger partial charge in [-0.1, -0.05) is 43.7 Å². The van der Waals surface area contributed by atoms with Gasteiger partial charge in [-0.25, -0.2) is 13.2 Å². The third-order valence-corrected chi connectivity index (χ3v) is 4.33. The molecule has 0 spiro atoms. The van der Waals surface area contributed by atoms with Crippen molar-refractivity contribution in [2.24, 2.45) is 0 Å². The summed E-state index contributed by atoms with van der Waals surface area (Å²) in [6, 6.07) is 14.7. The molecule has 0 bridgehead atoms. The van der Waals surface area contributed by atoms with Crippen molar-refractivity contribution < 1.29 is 13.2 Å². The normalized spacial score (nSPS) is 9.77. The fraction of sp³-hybridized carbons (Fsp3) is 0.154. The van der Waals surface area contributed by atoms with Gasteiger partial charge in [0.05, 0.1) is 5.56 Å². The molecule has 4 rings (SSSR count). The summed E-state index contributed by atoms with van der Waals surface area (Å²) in [5, 5.41) is 0. The molecule has 0 radical (unpaired) electrons. The Morgan fingerprint density at radius 1 is 0.677 bits per heavy atom. The molecule has 2 aromatic heterocycles. The molecule has 0 N–H and O–H groups in total. The highest BCUT2D eigenvalue weighted by atomic mass is 19.1. The first kappa shape index (κ1) is 23.8. The van der Waals surface area contributed by atoms with E-state index in [4.69, 9.17) is 0 Å². The van der Waals surface area contributed by atoms with Crippen molar-refractivity contribution in [3.8, 4) is 22.3 Å². The second-order valence-corrected chi connectivity index (χ2v) is 6.52.